The Kier molecular flexibility index (Phi) is 2.99. The molecule has 1 N–H and O–H groups in total. The Hall–Kier alpha value is -1.49. The van der Waals surface area contributed by atoms with Gasteiger partial charge >= 0.3 is 0 Å². The molecule has 2 aromatic heterocycles. The maximum Gasteiger partial charge on any atom is 0.179 e. The van der Waals surface area contributed by atoms with Crippen LogP contribution in [-0.2, 0) is 5.41 Å². The highest BCUT2D eigenvalue weighted by atomic mass is 15.3. The summed E-state index contributed by atoms with van der Waals surface area (Å²) in [5.41, 5.74) is 1.03. The van der Waals surface area contributed by atoms with Gasteiger partial charge in [-0.1, -0.05) is 13.3 Å². The van der Waals surface area contributed by atoms with E-state index in [2.05, 4.69) is 31.8 Å². The maximum atomic E-state index is 4.45. The van der Waals surface area contributed by atoms with E-state index < -0.39 is 0 Å². The monoisotopic (exact) mass is 245 g/mol. The van der Waals surface area contributed by atoms with E-state index in [0.29, 0.717) is 0 Å². The molecule has 0 aromatic carbocycles. The summed E-state index contributed by atoms with van der Waals surface area (Å²) in [5, 5.41) is 12.1. The number of hydrogen-bond acceptors (Lipinski definition) is 4. The van der Waals surface area contributed by atoms with Gasteiger partial charge in [0.1, 0.15) is 5.82 Å². The van der Waals surface area contributed by atoms with Gasteiger partial charge in [-0.05, 0) is 32.4 Å². The minimum Gasteiger partial charge on any atom is -0.317 e. The topological polar surface area (TPSA) is 55.1 Å². The van der Waals surface area contributed by atoms with Gasteiger partial charge in [0.15, 0.2) is 5.65 Å². The van der Waals surface area contributed by atoms with Gasteiger partial charge in [-0.3, -0.25) is 9.38 Å². The van der Waals surface area contributed by atoms with Crippen LogP contribution >= 0.6 is 0 Å². The molecule has 96 valence electrons. The largest absolute Gasteiger partial charge is 0.317 e. The second-order valence-corrected chi connectivity index (χ2v) is 5.11. The second-order valence-electron chi connectivity index (χ2n) is 5.11. The molecule has 0 aliphatic carbocycles. The second kappa shape index (κ2) is 4.65. The number of nitrogens with zero attached hydrogens (tertiary/aromatic N) is 4. The zero-order valence-electron chi connectivity index (χ0n) is 10.8. The van der Waals surface area contributed by atoms with Crippen LogP contribution in [0.25, 0.3) is 5.65 Å². The molecule has 3 heterocycles. The van der Waals surface area contributed by atoms with Crippen molar-refractivity contribution in [1.29, 1.82) is 0 Å². The molecule has 5 nitrogen and oxygen atoms in total. The normalized spacial score (nSPS) is 19.2. The smallest absolute Gasteiger partial charge is 0.179 e. The molecule has 0 saturated carbocycles. The quantitative estimate of drug-likeness (QED) is 0.891. The van der Waals surface area contributed by atoms with Gasteiger partial charge in [-0.2, -0.15) is 0 Å². The molecule has 1 fully saturated rings. The summed E-state index contributed by atoms with van der Waals surface area (Å²) >= 11 is 0. The number of rotatable bonds is 3. The molecule has 0 radical (unpaired) electrons. The van der Waals surface area contributed by atoms with Gasteiger partial charge in [-0.25, -0.2) is 0 Å². The minimum atomic E-state index is 0.181. The third-order valence-corrected chi connectivity index (χ3v) is 3.98. The Morgan fingerprint density at radius 3 is 2.94 bits per heavy atom. The standard InChI is InChI=1S/C13H19N5/c1-2-3-13(4-6-14-7-5-13)12-17-16-11-10-15-8-9-18(11)12/h8-10,14H,2-7H2,1H3. The van der Waals surface area contributed by atoms with Crippen molar-refractivity contribution in [3.63, 3.8) is 0 Å². The predicted molar refractivity (Wildman–Crippen MR) is 69.5 cm³/mol. The van der Waals surface area contributed by atoms with Gasteiger partial charge in [-0.15, -0.1) is 10.2 Å². The molecule has 5 heteroatoms. The van der Waals surface area contributed by atoms with E-state index in [-0.39, 0.29) is 5.41 Å². The van der Waals surface area contributed by atoms with Gasteiger partial charge in [0, 0.05) is 17.8 Å². The summed E-state index contributed by atoms with van der Waals surface area (Å²) in [5.74, 6) is 1.11. The van der Waals surface area contributed by atoms with Crippen molar-refractivity contribution in [2.45, 2.75) is 38.0 Å². The highest BCUT2D eigenvalue weighted by Gasteiger charge is 2.37. The summed E-state index contributed by atoms with van der Waals surface area (Å²) in [6, 6.07) is 0. The van der Waals surface area contributed by atoms with Crippen LogP contribution in [-0.4, -0.2) is 32.7 Å². The van der Waals surface area contributed by atoms with Crippen LogP contribution in [0.15, 0.2) is 18.6 Å². The number of aromatic nitrogens is 4. The fourth-order valence-corrected chi connectivity index (χ4v) is 3.08. The van der Waals surface area contributed by atoms with Crippen LogP contribution in [0.5, 0.6) is 0 Å². The van der Waals surface area contributed by atoms with E-state index >= 15 is 0 Å². The van der Waals surface area contributed by atoms with Gasteiger partial charge in [0.05, 0.1) is 6.20 Å². The molecule has 3 rings (SSSR count). The van der Waals surface area contributed by atoms with E-state index in [1.54, 1.807) is 12.4 Å². The predicted octanol–water partition coefficient (Wildman–Crippen LogP) is 1.55. The lowest BCUT2D eigenvalue weighted by molar-refractivity contribution is 0.268. The van der Waals surface area contributed by atoms with Crippen molar-refractivity contribution in [3.8, 4) is 0 Å². The van der Waals surface area contributed by atoms with E-state index in [1.807, 2.05) is 6.20 Å². The number of piperidine rings is 1. The van der Waals surface area contributed by atoms with Gasteiger partial charge in [0.25, 0.3) is 0 Å². The zero-order valence-corrected chi connectivity index (χ0v) is 10.8. The summed E-state index contributed by atoms with van der Waals surface area (Å²) in [7, 11) is 0. The highest BCUT2D eigenvalue weighted by molar-refractivity contribution is 5.35. The lowest BCUT2D eigenvalue weighted by Crippen LogP contribution is -2.41. The molecule has 0 atom stereocenters. The fourth-order valence-electron chi connectivity index (χ4n) is 3.08. The minimum absolute atomic E-state index is 0.181. The molecule has 0 unspecified atom stereocenters. The third-order valence-electron chi connectivity index (χ3n) is 3.98. The van der Waals surface area contributed by atoms with Crippen LogP contribution in [0.2, 0.25) is 0 Å². The lowest BCUT2D eigenvalue weighted by atomic mass is 9.74. The molecule has 0 bridgehead atoms. The Morgan fingerprint density at radius 2 is 2.17 bits per heavy atom. The summed E-state index contributed by atoms with van der Waals surface area (Å²) < 4.78 is 2.11. The Labute approximate surface area is 107 Å². The average molecular weight is 245 g/mol. The first-order chi connectivity index (χ1) is 8.86. The summed E-state index contributed by atoms with van der Waals surface area (Å²) in [6.45, 7) is 4.38. The molecular formula is C13H19N5. The van der Waals surface area contributed by atoms with Crippen molar-refractivity contribution in [2.75, 3.05) is 13.1 Å². The first-order valence-electron chi connectivity index (χ1n) is 6.72. The van der Waals surface area contributed by atoms with Crippen LogP contribution in [0.4, 0.5) is 0 Å². The number of nitrogens with one attached hydrogen (secondary N) is 1. The molecule has 1 aliphatic heterocycles. The van der Waals surface area contributed by atoms with Crippen LogP contribution < -0.4 is 5.32 Å². The number of hydrogen-bond donors (Lipinski definition) is 1. The van der Waals surface area contributed by atoms with Crippen molar-refractivity contribution in [1.82, 2.24) is 24.9 Å². The van der Waals surface area contributed by atoms with E-state index in [1.165, 1.54) is 12.8 Å². The van der Waals surface area contributed by atoms with Gasteiger partial charge < -0.3 is 5.32 Å². The Bertz CT molecular complexity index is 521. The summed E-state index contributed by atoms with van der Waals surface area (Å²) in [6.07, 6.45) is 10.2. The Morgan fingerprint density at radius 1 is 1.33 bits per heavy atom. The summed E-state index contributed by atoms with van der Waals surface area (Å²) in [4.78, 5) is 4.10. The van der Waals surface area contributed by atoms with Crippen LogP contribution in [0.3, 0.4) is 0 Å². The Balaban J connectivity index is 2.08. The first-order valence-corrected chi connectivity index (χ1v) is 6.72. The SMILES string of the molecule is CCCC1(c2nnc3cnccn23)CCNCC1. The average Bonchev–Trinajstić information content (AvgIpc) is 2.84. The molecule has 0 amide bonds. The molecule has 1 saturated heterocycles. The van der Waals surface area contributed by atoms with Gasteiger partial charge in [0.2, 0.25) is 0 Å². The highest BCUT2D eigenvalue weighted by Crippen LogP contribution is 2.36. The third kappa shape index (κ3) is 1.79. The molecular weight excluding hydrogens is 226 g/mol. The van der Waals surface area contributed by atoms with Crippen molar-refractivity contribution < 1.29 is 0 Å². The van der Waals surface area contributed by atoms with Crippen molar-refractivity contribution in [2.24, 2.45) is 0 Å². The lowest BCUT2D eigenvalue weighted by Gasteiger charge is -2.36. The maximum absolute atomic E-state index is 4.45. The van der Waals surface area contributed by atoms with E-state index in [9.17, 15) is 0 Å². The fraction of sp³-hybridized carbons (Fsp3) is 0.615. The van der Waals surface area contributed by atoms with Crippen LogP contribution in [0.1, 0.15) is 38.4 Å². The first kappa shape index (κ1) is 11.6. The molecule has 18 heavy (non-hydrogen) atoms. The molecule has 2 aromatic rings. The van der Waals surface area contributed by atoms with Crippen LogP contribution in [0, 0.1) is 0 Å². The van der Waals surface area contributed by atoms with E-state index in [0.717, 1.165) is 37.4 Å². The number of fused-ring (bicyclic) bond motifs is 1. The van der Waals surface area contributed by atoms with E-state index in [4.69, 9.17) is 0 Å². The van der Waals surface area contributed by atoms with Crippen molar-refractivity contribution in [3.05, 3.63) is 24.4 Å². The molecule has 0 spiro atoms. The van der Waals surface area contributed by atoms with Crippen molar-refractivity contribution >= 4 is 5.65 Å². The molecule has 1 aliphatic rings. The zero-order chi connectivity index (χ0) is 12.4.